The van der Waals surface area contributed by atoms with E-state index in [1.807, 2.05) is 0 Å². The minimum Gasteiger partial charge on any atom is -0.493 e. The Morgan fingerprint density at radius 2 is 2.04 bits per heavy atom. The summed E-state index contributed by atoms with van der Waals surface area (Å²) in [6.07, 6.45) is 5.07. The molecule has 0 radical (unpaired) electrons. The Hall–Kier alpha value is -2.28. The number of hydrogen-bond donors (Lipinski definition) is 3. The summed E-state index contributed by atoms with van der Waals surface area (Å²) in [4.78, 5) is 24.1. The molecule has 1 saturated carbocycles. The molecule has 7 nitrogen and oxygen atoms in total. The third kappa shape index (κ3) is 5.09. The first-order valence-corrected chi connectivity index (χ1v) is 8.80. The first-order valence-electron chi connectivity index (χ1n) is 8.80. The van der Waals surface area contributed by atoms with Gasteiger partial charge in [-0.3, -0.25) is 9.59 Å². The third-order valence-corrected chi connectivity index (χ3v) is 4.36. The largest absolute Gasteiger partial charge is 0.493 e. The maximum absolute atomic E-state index is 12.3. The van der Waals surface area contributed by atoms with Gasteiger partial charge in [-0.25, -0.2) is 0 Å². The summed E-state index contributed by atoms with van der Waals surface area (Å²) >= 11 is 0. The highest BCUT2D eigenvalue weighted by Crippen LogP contribution is 2.30. The Morgan fingerprint density at radius 1 is 1.20 bits per heavy atom. The van der Waals surface area contributed by atoms with Crippen molar-refractivity contribution in [2.45, 2.75) is 44.2 Å². The van der Waals surface area contributed by atoms with Crippen molar-refractivity contribution in [2.75, 3.05) is 25.6 Å². The van der Waals surface area contributed by atoms with Crippen LogP contribution >= 0.6 is 0 Å². The van der Waals surface area contributed by atoms with Crippen LogP contribution in [0.4, 0.5) is 5.69 Å². The van der Waals surface area contributed by atoms with Gasteiger partial charge in [-0.05, 0) is 44.4 Å². The highest BCUT2D eigenvalue weighted by atomic mass is 16.5. The number of benzene rings is 1. The minimum absolute atomic E-state index is 0.0534. The van der Waals surface area contributed by atoms with Crippen LogP contribution in [0.25, 0.3) is 0 Å². The van der Waals surface area contributed by atoms with Gasteiger partial charge >= 0.3 is 0 Å². The molecular formula is C18H25N3O4. The van der Waals surface area contributed by atoms with E-state index in [2.05, 4.69) is 16.0 Å². The average molecular weight is 347 g/mol. The first kappa shape index (κ1) is 17.5. The fourth-order valence-electron chi connectivity index (χ4n) is 2.81. The van der Waals surface area contributed by atoms with Gasteiger partial charge in [-0.1, -0.05) is 6.42 Å². The lowest BCUT2D eigenvalue weighted by atomic mass is 10.0. The Balaban J connectivity index is 1.59. The van der Waals surface area contributed by atoms with Crippen LogP contribution in [0, 0.1) is 0 Å². The van der Waals surface area contributed by atoms with E-state index in [1.165, 1.54) is 7.11 Å². The molecule has 2 fully saturated rings. The summed E-state index contributed by atoms with van der Waals surface area (Å²) in [7, 11) is 1.54. The first-order chi connectivity index (χ1) is 12.2. The summed E-state index contributed by atoms with van der Waals surface area (Å²) in [5.41, 5.74) is 0.621. The van der Waals surface area contributed by atoms with Crippen molar-refractivity contribution >= 4 is 17.5 Å². The molecule has 7 heteroatoms. The number of carbonyl (C=O) groups excluding carboxylic acids is 2. The van der Waals surface area contributed by atoms with Crippen molar-refractivity contribution in [3.05, 3.63) is 18.2 Å². The second kappa shape index (κ2) is 8.20. The molecule has 25 heavy (non-hydrogen) atoms. The van der Waals surface area contributed by atoms with E-state index in [-0.39, 0.29) is 24.5 Å². The van der Waals surface area contributed by atoms with Crippen LogP contribution in [-0.2, 0) is 9.59 Å². The Morgan fingerprint density at radius 3 is 2.72 bits per heavy atom. The predicted molar refractivity (Wildman–Crippen MR) is 93.9 cm³/mol. The lowest BCUT2D eigenvalue weighted by molar-refractivity contribution is -0.123. The number of rotatable bonds is 7. The molecular weight excluding hydrogens is 322 g/mol. The number of anilines is 1. The van der Waals surface area contributed by atoms with Crippen LogP contribution in [0.1, 0.15) is 32.1 Å². The van der Waals surface area contributed by atoms with Crippen LogP contribution in [0.15, 0.2) is 18.2 Å². The van der Waals surface area contributed by atoms with Gasteiger partial charge in [0.05, 0.1) is 13.2 Å². The van der Waals surface area contributed by atoms with E-state index in [1.54, 1.807) is 18.2 Å². The van der Waals surface area contributed by atoms with Crippen molar-refractivity contribution in [2.24, 2.45) is 0 Å². The second-order valence-electron chi connectivity index (χ2n) is 6.49. The molecule has 1 aromatic rings. The normalized spacial score (nSPS) is 19.8. The molecule has 1 aromatic carbocycles. The molecule has 0 aromatic heterocycles. The molecule has 1 aliphatic carbocycles. The van der Waals surface area contributed by atoms with Gasteiger partial charge in [-0.2, -0.15) is 0 Å². The molecule has 2 amide bonds. The maximum Gasteiger partial charge on any atom is 0.258 e. The zero-order valence-corrected chi connectivity index (χ0v) is 14.5. The maximum atomic E-state index is 12.3. The van der Waals surface area contributed by atoms with Crippen molar-refractivity contribution < 1.29 is 19.1 Å². The van der Waals surface area contributed by atoms with Gasteiger partial charge in [0, 0.05) is 17.8 Å². The molecule has 0 bridgehead atoms. The fourth-order valence-corrected chi connectivity index (χ4v) is 2.81. The van der Waals surface area contributed by atoms with Gasteiger partial charge in [0.25, 0.3) is 5.91 Å². The van der Waals surface area contributed by atoms with Crippen LogP contribution in [-0.4, -0.2) is 44.2 Å². The third-order valence-electron chi connectivity index (χ3n) is 4.36. The van der Waals surface area contributed by atoms with Crippen LogP contribution in [0.3, 0.4) is 0 Å². The van der Waals surface area contributed by atoms with Crippen LogP contribution < -0.4 is 25.4 Å². The zero-order chi connectivity index (χ0) is 17.6. The average Bonchev–Trinajstić information content (AvgIpc) is 3.45. The lowest BCUT2D eigenvalue weighted by Crippen LogP contribution is -2.43. The fraction of sp³-hybridized carbons (Fsp3) is 0.556. The second-order valence-corrected chi connectivity index (χ2v) is 6.49. The molecule has 1 unspecified atom stereocenters. The number of ether oxygens (including phenoxy) is 2. The monoisotopic (exact) mass is 347 g/mol. The van der Waals surface area contributed by atoms with Gasteiger partial charge in [-0.15, -0.1) is 0 Å². The number of methoxy groups -OCH3 is 1. The highest BCUT2D eigenvalue weighted by Gasteiger charge is 2.24. The van der Waals surface area contributed by atoms with Crippen LogP contribution in [0.2, 0.25) is 0 Å². The Labute approximate surface area is 147 Å². The molecule has 136 valence electrons. The number of hydrogen-bond acceptors (Lipinski definition) is 5. The van der Waals surface area contributed by atoms with E-state index in [4.69, 9.17) is 9.47 Å². The van der Waals surface area contributed by atoms with Crippen molar-refractivity contribution in [3.8, 4) is 11.5 Å². The smallest absolute Gasteiger partial charge is 0.258 e. The standard InChI is InChI=1S/C18H25N3O4/c1-24-15-8-7-13(21-18(23)14-4-2-3-9-19-14)10-16(15)25-11-17(22)20-12-5-6-12/h7-8,10,12,14,19H,2-6,9,11H2,1H3,(H,20,22)(H,21,23). The minimum atomic E-state index is -0.162. The molecule has 0 spiro atoms. The summed E-state index contributed by atoms with van der Waals surface area (Å²) in [5, 5.41) is 8.98. The molecule has 1 saturated heterocycles. The number of nitrogens with one attached hydrogen (secondary N) is 3. The van der Waals surface area contributed by atoms with Crippen LogP contribution in [0.5, 0.6) is 11.5 Å². The van der Waals surface area contributed by atoms with Crippen molar-refractivity contribution in [3.63, 3.8) is 0 Å². The van der Waals surface area contributed by atoms with Crippen molar-refractivity contribution in [1.29, 1.82) is 0 Å². The van der Waals surface area contributed by atoms with E-state index >= 15 is 0 Å². The predicted octanol–water partition coefficient (Wildman–Crippen LogP) is 1.43. The number of piperidine rings is 1. The highest BCUT2D eigenvalue weighted by molar-refractivity contribution is 5.95. The Bertz CT molecular complexity index is 625. The molecule has 1 heterocycles. The molecule has 2 aliphatic rings. The molecule has 1 atom stereocenters. The van der Waals surface area contributed by atoms with Crippen molar-refractivity contribution in [1.82, 2.24) is 10.6 Å². The van der Waals surface area contributed by atoms with E-state index in [0.29, 0.717) is 23.2 Å². The summed E-state index contributed by atoms with van der Waals surface area (Å²) in [5.74, 6) is 0.753. The summed E-state index contributed by atoms with van der Waals surface area (Å²) < 4.78 is 10.8. The van der Waals surface area contributed by atoms with Gasteiger partial charge in [0.15, 0.2) is 18.1 Å². The zero-order valence-electron chi connectivity index (χ0n) is 14.5. The van der Waals surface area contributed by atoms with Gasteiger partial charge in [0.1, 0.15) is 0 Å². The molecule has 3 rings (SSSR count). The number of carbonyl (C=O) groups is 2. The van der Waals surface area contributed by atoms with E-state index in [9.17, 15) is 9.59 Å². The van der Waals surface area contributed by atoms with E-state index < -0.39 is 0 Å². The lowest BCUT2D eigenvalue weighted by Gasteiger charge is -2.22. The topological polar surface area (TPSA) is 88.7 Å². The number of amides is 2. The van der Waals surface area contributed by atoms with Gasteiger partial charge < -0.3 is 25.4 Å². The molecule has 3 N–H and O–H groups in total. The quantitative estimate of drug-likeness (QED) is 0.694. The molecule has 1 aliphatic heterocycles. The van der Waals surface area contributed by atoms with Gasteiger partial charge in [0.2, 0.25) is 5.91 Å². The summed E-state index contributed by atoms with van der Waals surface area (Å²) in [6, 6.07) is 5.30. The summed E-state index contributed by atoms with van der Waals surface area (Å²) in [6.45, 7) is 0.791. The SMILES string of the molecule is COc1ccc(NC(=O)C2CCCCN2)cc1OCC(=O)NC1CC1. The Kier molecular flexibility index (Phi) is 5.75. The van der Waals surface area contributed by atoms with E-state index in [0.717, 1.165) is 38.6 Å².